The van der Waals surface area contributed by atoms with Gasteiger partial charge in [0, 0.05) is 93.2 Å². The first kappa shape index (κ1) is 32.3. The van der Waals surface area contributed by atoms with Crippen LogP contribution < -0.4 is 25.1 Å². The van der Waals surface area contributed by atoms with E-state index >= 15 is 0 Å². The number of ether oxygens (including phenoxy) is 2. The Balaban J connectivity index is 0.997. The number of hydrogen-bond donors (Lipinski definition) is 0. The van der Waals surface area contributed by atoms with Crippen molar-refractivity contribution in [3.8, 4) is 11.8 Å². The summed E-state index contributed by atoms with van der Waals surface area (Å²) in [6, 6.07) is 13.0. The first-order valence-electron chi connectivity index (χ1n) is 17.5. The Kier molecular flexibility index (Phi) is 8.71. The fraction of sp³-hybridized carbons (Fsp3) is 0.568. The number of benzene rings is 2. The minimum absolute atomic E-state index is 0.0249. The molecule has 5 aliphatic rings. The van der Waals surface area contributed by atoms with E-state index in [9.17, 15) is 14.9 Å². The van der Waals surface area contributed by atoms with Gasteiger partial charge in [0.2, 0.25) is 5.91 Å². The Labute approximate surface area is 283 Å². The second kappa shape index (κ2) is 13.0. The van der Waals surface area contributed by atoms with Gasteiger partial charge in [-0.3, -0.25) is 19.6 Å². The summed E-state index contributed by atoms with van der Waals surface area (Å²) in [6.07, 6.45) is 4.22. The van der Waals surface area contributed by atoms with Gasteiger partial charge < -0.3 is 24.2 Å². The summed E-state index contributed by atoms with van der Waals surface area (Å²) in [5.74, 6) is 0.956. The van der Waals surface area contributed by atoms with Gasteiger partial charge in [-0.25, -0.2) is 4.79 Å². The van der Waals surface area contributed by atoms with Crippen LogP contribution in [-0.4, -0.2) is 109 Å². The van der Waals surface area contributed by atoms with E-state index in [1.165, 1.54) is 5.56 Å². The SMILES string of the molecule is C[C@@H]1CN(c2ccc(C#N)c3c2=CCCN=3)C[C@@H]2COc3cc(N4CCN(C(=O)[C@@H]5CCCN5C(=O)OC(C)(C)C)CC4)ccc3CN21. The van der Waals surface area contributed by atoms with Crippen LogP contribution >= 0.6 is 0 Å². The van der Waals surface area contributed by atoms with Crippen molar-refractivity contribution in [1.82, 2.24) is 14.7 Å². The monoisotopic (exact) mass is 653 g/mol. The number of piperazine rings is 2. The molecular formula is C37H47N7O4. The largest absolute Gasteiger partial charge is 0.491 e. The van der Waals surface area contributed by atoms with Crippen LogP contribution in [-0.2, 0) is 16.1 Å². The van der Waals surface area contributed by atoms with Crippen molar-refractivity contribution in [3.63, 3.8) is 0 Å². The van der Waals surface area contributed by atoms with Crippen molar-refractivity contribution in [2.75, 3.05) is 68.8 Å². The average molecular weight is 654 g/mol. The summed E-state index contributed by atoms with van der Waals surface area (Å²) in [7, 11) is 0. The molecule has 3 atom stereocenters. The molecule has 0 spiro atoms. The molecule has 48 heavy (non-hydrogen) atoms. The van der Waals surface area contributed by atoms with Gasteiger partial charge >= 0.3 is 6.09 Å². The Bertz CT molecular complexity index is 1740. The molecule has 0 radical (unpaired) electrons. The minimum atomic E-state index is -0.591. The molecule has 0 unspecified atom stereocenters. The number of anilines is 2. The third kappa shape index (κ3) is 6.30. The van der Waals surface area contributed by atoms with E-state index in [-0.39, 0.29) is 11.9 Å². The molecule has 254 valence electrons. The highest BCUT2D eigenvalue weighted by Gasteiger charge is 2.40. The zero-order valence-corrected chi connectivity index (χ0v) is 28.7. The summed E-state index contributed by atoms with van der Waals surface area (Å²) in [5.41, 5.74) is 3.52. The van der Waals surface area contributed by atoms with Crippen LogP contribution in [0.15, 0.2) is 35.3 Å². The maximum absolute atomic E-state index is 13.5. The van der Waals surface area contributed by atoms with E-state index in [2.05, 4.69) is 58.0 Å². The topological polar surface area (TPSA) is 105 Å². The Morgan fingerprint density at radius 3 is 2.62 bits per heavy atom. The molecule has 11 heteroatoms. The lowest BCUT2D eigenvalue weighted by Gasteiger charge is -2.45. The van der Waals surface area contributed by atoms with Crippen LogP contribution in [0.1, 0.15) is 58.1 Å². The molecule has 2 aromatic carbocycles. The van der Waals surface area contributed by atoms with Crippen molar-refractivity contribution in [2.24, 2.45) is 4.99 Å². The third-order valence-electron chi connectivity index (χ3n) is 10.3. The second-order valence-electron chi connectivity index (χ2n) is 14.7. The number of nitriles is 1. The number of hydrogen-bond acceptors (Lipinski definition) is 9. The molecule has 0 aromatic heterocycles. The quantitative estimate of drug-likeness (QED) is 0.499. The van der Waals surface area contributed by atoms with Crippen LogP contribution in [0, 0.1) is 11.3 Å². The zero-order chi connectivity index (χ0) is 33.6. The molecule has 0 saturated carbocycles. The molecule has 5 heterocycles. The lowest BCUT2D eigenvalue weighted by Crippen LogP contribution is -2.59. The molecule has 2 aromatic rings. The van der Waals surface area contributed by atoms with Crippen LogP contribution in [0.5, 0.6) is 5.75 Å². The highest BCUT2D eigenvalue weighted by atomic mass is 16.6. The predicted molar refractivity (Wildman–Crippen MR) is 184 cm³/mol. The smallest absolute Gasteiger partial charge is 0.410 e. The first-order chi connectivity index (χ1) is 23.1. The van der Waals surface area contributed by atoms with Crippen LogP contribution in [0.3, 0.4) is 0 Å². The molecule has 5 aliphatic heterocycles. The Hall–Kier alpha value is -4.30. The summed E-state index contributed by atoms with van der Waals surface area (Å²) in [4.78, 5) is 41.9. The van der Waals surface area contributed by atoms with E-state index in [1.54, 1.807) is 4.90 Å². The van der Waals surface area contributed by atoms with Crippen LogP contribution in [0.2, 0.25) is 0 Å². The van der Waals surface area contributed by atoms with Crippen molar-refractivity contribution in [1.29, 1.82) is 5.26 Å². The van der Waals surface area contributed by atoms with Crippen LogP contribution in [0.25, 0.3) is 6.08 Å². The normalized spacial score (nSPS) is 24.2. The number of amides is 2. The summed E-state index contributed by atoms with van der Waals surface area (Å²) >= 11 is 0. The average Bonchev–Trinajstić information content (AvgIpc) is 3.50. The maximum Gasteiger partial charge on any atom is 0.410 e. The lowest BCUT2D eigenvalue weighted by molar-refractivity contribution is -0.136. The molecule has 11 nitrogen and oxygen atoms in total. The standard InChI is InChI=1S/C37H47N7O4/c1-25-21-42(31-12-10-26(20-38)34-30(31)7-5-13-39-34)23-29-24-47-33-19-28(11-9-27(33)22-44(25)29)40-15-17-41(18-16-40)35(45)32-8-6-14-43(32)36(46)48-37(2,3)4/h7,9-12,19,25,29,32H,5-6,8,13-18,21-24H2,1-4H3/t25-,29-,32+/m1/s1. The van der Waals surface area contributed by atoms with Crippen LogP contribution in [0.4, 0.5) is 16.2 Å². The van der Waals surface area contributed by atoms with Gasteiger partial charge in [-0.15, -0.1) is 0 Å². The fourth-order valence-corrected chi connectivity index (χ4v) is 7.91. The molecule has 3 saturated heterocycles. The first-order valence-corrected chi connectivity index (χ1v) is 17.5. The molecular weight excluding hydrogens is 606 g/mol. The predicted octanol–water partition coefficient (Wildman–Crippen LogP) is 2.88. The van der Waals surface area contributed by atoms with Gasteiger partial charge in [0.1, 0.15) is 30.1 Å². The van der Waals surface area contributed by atoms with Gasteiger partial charge in [0.15, 0.2) is 0 Å². The highest BCUT2D eigenvalue weighted by molar-refractivity contribution is 5.86. The second-order valence-corrected chi connectivity index (χ2v) is 14.7. The number of carbonyl (C=O) groups is 2. The summed E-state index contributed by atoms with van der Waals surface area (Å²) in [5, 5.41) is 11.6. The van der Waals surface area contributed by atoms with E-state index < -0.39 is 17.7 Å². The van der Waals surface area contributed by atoms with Crippen molar-refractivity contribution < 1.29 is 19.1 Å². The number of carbonyl (C=O) groups excluding carboxylic acids is 2. The minimum Gasteiger partial charge on any atom is -0.491 e. The number of nitrogens with zero attached hydrogens (tertiary/aromatic N) is 7. The molecule has 0 N–H and O–H groups in total. The summed E-state index contributed by atoms with van der Waals surface area (Å²) < 4.78 is 12.1. The van der Waals surface area contributed by atoms with E-state index in [0.717, 1.165) is 79.8 Å². The number of rotatable bonds is 3. The molecule has 7 rings (SSSR count). The van der Waals surface area contributed by atoms with Crippen molar-refractivity contribution in [3.05, 3.63) is 52.0 Å². The van der Waals surface area contributed by atoms with Gasteiger partial charge in [-0.2, -0.15) is 5.26 Å². The van der Waals surface area contributed by atoms with E-state index in [1.807, 2.05) is 31.7 Å². The Morgan fingerprint density at radius 1 is 1.04 bits per heavy atom. The van der Waals surface area contributed by atoms with Gasteiger partial charge in [-0.1, -0.05) is 12.1 Å². The van der Waals surface area contributed by atoms with Crippen molar-refractivity contribution in [2.45, 2.75) is 77.2 Å². The molecule has 0 aliphatic carbocycles. The highest BCUT2D eigenvalue weighted by Crippen LogP contribution is 2.33. The Morgan fingerprint density at radius 2 is 1.85 bits per heavy atom. The zero-order valence-electron chi connectivity index (χ0n) is 28.7. The van der Waals surface area contributed by atoms with Crippen molar-refractivity contribution >= 4 is 29.5 Å². The number of likely N-dealkylation sites (tertiary alicyclic amines) is 1. The van der Waals surface area contributed by atoms with Gasteiger partial charge in [0.25, 0.3) is 0 Å². The third-order valence-corrected chi connectivity index (χ3v) is 10.3. The van der Waals surface area contributed by atoms with Gasteiger partial charge in [-0.05, 0) is 65.2 Å². The molecule has 2 amide bonds. The van der Waals surface area contributed by atoms with E-state index in [4.69, 9.17) is 14.5 Å². The van der Waals surface area contributed by atoms with E-state index in [0.29, 0.717) is 44.3 Å². The summed E-state index contributed by atoms with van der Waals surface area (Å²) in [6.45, 7) is 15.0. The van der Waals surface area contributed by atoms with Gasteiger partial charge in [0.05, 0.1) is 17.0 Å². The fourth-order valence-electron chi connectivity index (χ4n) is 7.91. The maximum atomic E-state index is 13.5. The number of fused-ring (bicyclic) bond motifs is 3. The molecule has 0 bridgehead atoms. The lowest BCUT2D eigenvalue weighted by atomic mass is 10.0. The molecule has 3 fully saturated rings.